The van der Waals surface area contributed by atoms with Gasteiger partial charge >= 0.3 is 0 Å². The van der Waals surface area contributed by atoms with Gasteiger partial charge in [-0.2, -0.15) is 0 Å². The summed E-state index contributed by atoms with van der Waals surface area (Å²) in [6, 6.07) is 10.7. The summed E-state index contributed by atoms with van der Waals surface area (Å²) >= 11 is 5.73. The first kappa shape index (κ1) is 23.2. The Bertz CT molecular complexity index is 1070. The molecule has 1 saturated carbocycles. The summed E-state index contributed by atoms with van der Waals surface area (Å²) in [6.07, 6.45) is 5.27. The molecule has 0 aromatic heterocycles. The zero-order valence-corrected chi connectivity index (χ0v) is 19.2. The second kappa shape index (κ2) is 9.87. The Balaban J connectivity index is 1.25. The molecule has 0 bridgehead atoms. The molecule has 1 aliphatic heterocycles. The van der Waals surface area contributed by atoms with Crippen LogP contribution in [-0.4, -0.2) is 38.4 Å². The third kappa shape index (κ3) is 5.67. The first-order chi connectivity index (χ1) is 15.3. The van der Waals surface area contributed by atoms with Crippen molar-refractivity contribution in [2.24, 2.45) is 5.92 Å². The maximum atomic E-state index is 13.4. The summed E-state index contributed by atoms with van der Waals surface area (Å²) in [5, 5.41) is 1.50. The van der Waals surface area contributed by atoms with Crippen molar-refractivity contribution < 1.29 is 22.3 Å². The molecule has 2 aromatic carbocycles. The van der Waals surface area contributed by atoms with E-state index in [0.717, 1.165) is 62.0 Å². The molecule has 1 heterocycles. The summed E-state index contributed by atoms with van der Waals surface area (Å²) in [5.41, 5.74) is 0.733. The van der Waals surface area contributed by atoms with Gasteiger partial charge in [-0.3, -0.25) is 4.79 Å². The summed E-state index contributed by atoms with van der Waals surface area (Å²) in [5.74, 6) is 0.472. The second-order valence-corrected chi connectivity index (χ2v) is 10.4. The lowest BCUT2D eigenvalue weighted by molar-refractivity contribution is 0.0967. The van der Waals surface area contributed by atoms with Crippen molar-refractivity contribution in [3.8, 4) is 5.75 Å². The summed E-state index contributed by atoms with van der Waals surface area (Å²) in [7, 11) is -3.84. The van der Waals surface area contributed by atoms with Crippen LogP contribution < -0.4 is 9.57 Å². The van der Waals surface area contributed by atoms with E-state index in [9.17, 15) is 17.6 Å². The molecule has 4 rings (SSSR count). The lowest BCUT2D eigenvalue weighted by atomic mass is 10.1. The molecule has 1 unspecified atom stereocenters. The minimum Gasteiger partial charge on any atom is -0.494 e. The average molecular weight is 481 g/mol. The third-order valence-corrected chi connectivity index (χ3v) is 7.49. The molecule has 1 atom stereocenters. The number of carbonyl (C=O) groups is 1. The molecule has 32 heavy (non-hydrogen) atoms. The average Bonchev–Trinajstić information content (AvgIpc) is 3.54. The molecule has 2 aromatic rings. The number of nitrogens with one attached hydrogen (secondary N) is 1. The minimum atomic E-state index is -3.84. The smallest absolute Gasteiger partial charge is 0.253 e. The lowest BCUT2D eigenvalue weighted by Gasteiger charge is -2.25. The second-order valence-electron chi connectivity index (χ2n) is 8.31. The van der Waals surface area contributed by atoms with Crippen molar-refractivity contribution in [3.63, 3.8) is 0 Å². The van der Waals surface area contributed by atoms with Gasteiger partial charge in [0.15, 0.2) is 5.78 Å². The molecule has 1 N–H and O–H groups in total. The number of carbonyl (C=O) groups excluding carboxylic acids is 1. The van der Waals surface area contributed by atoms with Gasteiger partial charge in [-0.05, 0) is 81.0 Å². The zero-order valence-electron chi connectivity index (χ0n) is 17.6. The highest BCUT2D eigenvalue weighted by Gasteiger charge is 2.30. The Kier molecular flexibility index (Phi) is 7.14. The van der Waals surface area contributed by atoms with Crippen molar-refractivity contribution in [3.05, 3.63) is 58.9 Å². The topological polar surface area (TPSA) is 75.7 Å². The number of Topliss-reactive ketones (excluding diaryl/α,β-unsaturated/α-hetero) is 1. The Labute approximate surface area is 192 Å². The van der Waals surface area contributed by atoms with Crippen LogP contribution >= 0.6 is 11.6 Å². The standard InChI is InChI=1S/C23H26ClFN2O4S/c24-21-15-20(11-12-22(21)25)32(29,30)26-27-13-1-3-18(27)4-2-14-31-19-9-7-17(8-10-19)23(28)16-5-6-16/h7-12,15-16,18,26H,1-6,13-14H2. The van der Waals surface area contributed by atoms with Crippen LogP contribution in [0, 0.1) is 11.7 Å². The van der Waals surface area contributed by atoms with E-state index in [2.05, 4.69) is 4.83 Å². The van der Waals surface area contributed by atoms with E-state index in [-0.39, 0.29) is 27.7 Å². The quantitative estimate of drug-likeness (QED) is 0.397. The van der Waals surface area contributed by atoms with Crippen LogP contribution in [0.2, 0.25) is 5.02 Å². The Morgan fingerprint density at radius 1 is 1.16 bits per heavy atom. The van der Waals surface area contributed by atoms with E-state index in [1.165, 1.54) is 6.07 Å². The molecule has 2 aliphatic rings. The number of sulfonamides is 1. The van der Waals surface area contributed by atoms with Crippen molar-refractivity contribution in [1.29, 1.82) is 0 Å². The van der Waals surface area contributed by atoms with E-state index in [1.54, 1.807) is 5.01 Å². The van der Waals surface area contributed by atoms with Gasteiger partial charge in [-0.15, -0.1) is 4.83 Å². The lowest BCUT2D eigenvalue weighted by Crippen LogP contribution is -2.45. The van der Waals surface area contributed by atoms with E-state index >= 15 is 0 Å². The molecule has 0 amide bonds. The largest absolute Gasteiger partial charge is 0.494 e. The molecule has 0 spiro atoms. The minimum absolute atomic E-state index is 0.0582. The summed E-state index contributed by atoms with van der Waals surface area (Å²) in [6.45, 7) is 1.11. The van der Waals surface area contributed by atoms with Crippen LogP contribution in [-0.2, 0) is 10.0 Å². The highest BCUT2D eigenvalue weighted by atomic mass is 35.5. The highest BCUT2D eigenvalue weighted by Crippen LogP contribution is 2.33. The summed E-state index contributed by atoms with van der Waals surface area (Å²) in [4.78, 5) is 14.6. The van der Waals surface area contributed by atoms with E-state index in [4.69, 9.17) is 16.3 Å². The fourth-order valence-electron chi connectivity index (χ4n) is 3.91. The first-order valence-corrected chi connectivity index (χ1v) is 12.7. The summed E-state index contributed by atoms with van der Waals surface area (Å²) < 4.78 is 44.4. The number of ketones is 1. The maximum Gasteiger partial charge on any atom is 0.253 e. The van der Waals surface area contributed by atoms with Crippen LogP contribution in [0.25, 0.3) is 0 Å². The number of ether oxygens (including phenoxy) is 1. The molecule has 2 fully saturated rings. The molecular weight excluding hydrogens is 455 g/mol. The van der Waals surface area contributed by atoms with Gasteiger partial charge in [-0.1, -0.05) is 11.6 Å². The number of hydrazine groups is 1. The van der Waals surface area contributed by atoms with Crippen molar-refractivity contribution in [2.75, 3.05) is 13.2 Å². The molecule has 172 valence electrons. The van der Waals surface area contributed by atoms with Crippen molar-refractivity contribution >= 4 is 27.4 Å². The Hall–Kier alpha value is -2.00. The fraction of sp³-hybridized carbons (Fsp3) is 0.435. The zero-order chi connectivity index (χ0) is 22.7. The van der Waals surface area contributed by atoms with Crippen LogP contribution in [0.4, 0.5) is 4.39 Å². The van der Waals surface area contributed by atoms with Gasteiger partial charge < -0.3 is 4.74 Å². The molecule has 6 nitrogen and oxygen atoms in total. The van der Waals surface area contributed by atoms with Crippen molar-refractivity contribution in [2.45, 2.75) is 49.5 Å². The van der Waals surface area contributed by atoms with Gasteiger partial charge in [0.2, 0.25) is 0 Å². The number of hydrogen-bond donors (Lipinski definition) is 1. The van der Waals surface area contributed by atoms with Crippen LogP contribution in [0.1, 0.15) is 48.9 Å². The van der Waals surface area contributed by atoms with E-state index < -0.39 is 15.8 Å². The van der Waals surface area contributed by atoms with Gasteiger partial charge in [-0.25, -0.2) is 17.8 Å². The Morgan fingerprint density at radius 3 is 2.59 bits per heavy atom. The normalized spacial score (nSPS) is 19.2. The van der Waals surface area contributed by atoms with Crippen LogP contribution in [0.5, 0.6) is 5.75 Å². The molecule has 1 saturated heterocycles. The molecule has 0 radical (unpaired) electrons. The number of hydrogen-bond acceptors (Lipinski definition) is 5. The van der Waals surface area contributed by atoms with Gasteiger partial charge in [0.1, 0.15) is 11.6 Å². The van der Waals surface area contributed by atoms with Gasteiger partial charge in [0.05, 0.1) is 16.5 Å². The monoisotopic (exact) mass is 480 g/mol. The van der Waals surface area contributed by atoms with Gasteiger partial charge in [0, 0.05) is 24.1 Å². The van der Waals surface area contributed by atoms with Crippen LogP contribution in [0.15, 0.2) is 47.4 Å². The van der Waals surface area contributed by atoms with Crippen LogP contribution in [0.3, 0.4) is 0 Å². The predicted octanol–water partition coefficient (Wildman–Crippen LogP) is 4.59. The van der Waals surface area contributed by atoms with E-state index in [1.807, 2.05) is 24.3 Å². The van der Waals surface area contributed by atoms with Crippen molar-refractivity contribution in [1.82, 2.24) is 9.84 Å². The maximum absolute atomic E-state index is 13.4. The first-order valence-electron chi connectivity index (χ1n) is 10.8. The third-order valence-electron chi connectivity index (χ3n) is 5.85. The molecular formula is C23H26ClFN2O4S. The molecule has 1 aliphatic carbocycles. The highest BCUT2D eigenvalue weighted by molar-refractivity contribution is 7.89. The Morgan fingerprint density at radius 2 is 1.91 bits per heavy atom. The number of halogens is 2. The number of rotatable bonds is 10. The number of benzene rings is 2. The number of nitrogens with zero attached hydrogens (tertiary/aromatic N) is 1. The van der Waals surface area contributed by atoms with Gasteiger partial charge in [0.25, 0.3) is 10.0 Å². The SMILES string of the molecule is O=C(c1ccc(OCCCC2CCCN2NS(=O)(=O)c2ccc(F)c(Cl)c2)cc1)C1CC1. The van der Waals surface area contributed by atoms with E-state index in [0.29, 0.717) is 13.2 Å². The fourth-order valence-corrected chi connectivity index (χ4v) is 5.33. The molecule has 9 heteroatoms. The predicted molar refractivity (Wildman–Crippen MR) is 120 cm³/mol.